The van der Waals surface area contributed by atoms with Crippen molar-refractivity contribution in [2.24, 2.45) is 0 Å². The van der Waals surface area contributed by atoms with E-state index >= 15 is 0 Å². The van der Waals surface area contributed by atoms with Gasteiger partial charge in [-0.1, -0.05) is 23.2 Å². The zero-order valence-electron chi connectivity index (χ0n) is 7.15. The Morgan fingerprint density at radius 2 is 2.00 bits per heavy atom. The second kappa shape index (κ2) is 3.12. The molecule has 1 saturated carbocycles. The van der Waals surface area contributed by atoms with Gasteiger partial charge in [-0.25, -0.2) is 4.39 Å². The predicted molar refractivity (Wildman–Crippen MR) is 52.9 cm³/mol. The van der Waals surface area contributed by atoms with Crippen LogP contribution in [0.25, 0.3) is 0 Å². The highest BCUT2D eigenvalue weighted by atomic mass is 35.5. The monoisotopic (exact) mass is 229 g/mol. The minimum Gasteiger partial charge on any atom is -0.205 e. The highest BCUT2D eigenvalue weighted by Gasteiger charge is 2.45. The molecule has 0 aromatic heterocycles. The average Bonchev–Trinajstić information content (AvgIpc) is 2.94. The van der Waals surface area contributed by atoms with E-state index in [0.29, 0.717) is 5.56 Å². The van der Waals surface area contributed by atoms with Gasteiger partial charge in [-0.05, 0) is 30.5 Å². The van der Waals surface area contributed by atoms with Crippen LogP contribution in [0.1, 0.15) is 18.4 Å². The highest BCUT2D eigenvalue weighted by molar-refractivity contribution is 6.42. The molecule has 0 saturated heterocycles. The SMILES string of the molecule is N#CC1(c2cc(F)c(Cl)c(Cl)c2)CC1. The summed E-state index contributed by atoms with van der Waals surface area (Å²) in [5, 5.41) is 9.00. The number of hydrogen-bond acceptors (Lipinski definition) is 1. The number of nitrogens with zero attached hydrogens (tertiary/aromatic N) is 1. The van der Waals surface area contributed by atoms with Crippen LogP contribution < -0.4 is 0 Å². The largest absolute Gasteiger partial charge is 0.205 e. The molecule has 0 amide bonds. The molecule has 72 valence electrons. The lowest BCUT2D eigenvalue weighted by atomic mass is 9.98. The molecule has 1 fully saturated rings. The smallest absolute Gasteiger partial charge is 0.143 e. The van der Waals surface area contributed by atoms with Gasteiger partial charge in [0.05, 0.1) is 21.5 Å². The molecule has 0 spiro atoms. The Labute approximate surface area is 91.0 Å². The number of rotatable bonds is 1. The Hall–Kier alpha value is -0.780. The van der Waals surface area contributed by atoms with Gasteiger partial charge in [-0.15, -0.1) is 0 Å². The van der Waals surface area contributed by atoms with E-state index in [2.05, 4.69) is 6.07 Å². The lowest BCUT2D eigenvalue weighted by Gasteiger charge is -2.07. The van der Waals surface area contributed by atoms with Crippen molar-refractivity contribution < 1.29 is 4.39 Å². The molecule has 0 atom stereocenters. The molecule has 0 heterocycles. The Morgan fingerprint density at radius 1 is 1.36 bits per heavy atom. The maximum Gasteiger partial charge on any atom is 0.143 e. The fourth-order valence-electron chi connectivity index (χ4n) is 1.42. The summed E-state index contributed by atoms with van der Waals surface area (Å²) in [6, 6.07) is 5.04. The van der Waals surface area contributed by atoms with E-state index in [-0.39, 0.29) is 10.0 Å². The highest BCUT2D eigenvalue weighted by Crippen LogP contribution is 2.48. The third-order valence-electron chi connectivity index (χ3n) is 2.50. The molecule has 4 heteroatoms. The lowest BCUT2D eigenvalue weighted by molar-refractivity contribution is 0.624. The van der Waals surface area contributed by atoms with Crippen LogP contribution in [0.3, 0.4) is 0 Å². The van der Waals surface area contributed by atoms with Gasteiger partial charge in [0.2, 0.25) is 0 Å². The third-order valence-corrected chi connectivity index (χ3v) is 3.28. The summed E-state index contributed by atoms with van der Waals surface area (Å²) in [5.41, 5.74) is 0.113. The first-order chi connectivity index (χ1) is 6.59. The number of nitriles is 1. The van der Waals surface area contributed by atoms with Crippen LogP contribution >= 0.6 is 23.2 Å². The van der Waals surface area contributed by atoms with Gasteiger partial charge in [0, 0.05) is 0 Å². The first-order valence-corrected chi connectivity index (χ1v) is 4.91. The maximum atomic E-state index is 13.2. The molecule has 0 radical (unpaired) electrons. The van der Waals surface area contributed by atoms with Crippen LogP contribution in [0.2, 0.25) is 10.0 Å². The van der Waals surface area contributed by atoms with E-state index in [1.807, 2.05) is 0 Å². The lowest BCUT2D eigenvalue weighted by Crippen LogP contribution is -2.03. The first-order valence-electron chi connectivity index (χ1n) is 4.15. The van der Waals surface area contributed by atoms with Crippen LogP contribution in [0.4, 0.5) is 4.39 Å². The van der Waals surface area contributed by atoms with Crippen LogP contribution in [-0.4, -0.2) is 0 Å². The summed E-state index contributed by atoms with van der Waals surface area (Å²) in [6.45, 7) is 0. The summed E-state index contributed by atoms with van der Waals surface area (Å²) in [5.74, 6) is -0.560. The molecule has 14 heavy (non-hydrogen) atoms. The summed E-state index contributed by atoms with van der Waals surface area (Å²) in [6.07, 6.45) is 1.53. The number of benzene rings is 1. The number of halogens is 3. The molecule has 0 bridgehead atoms. The average molecular weight is 230 g/mol. The first kappa shape index (κ1) is 9.76. The van der Waals surface area contributed by atoms with Crippen molar-refractivity contribution >= 4 is 23.2 Å². The fourth-order valence-corrected chi connectivity index (χ4v) is 1.74. The minimum absolute atomic E-state index is 0.0795. The second-order valence-electron chi connectivity index (χ2n) is 3.45. The van der Waals surface area contributed by atoms with Crippen molar-refractivity contribution in [3.05, 3.63) is 33.6 Å². The van der Waals surface area contributed by atoms with Crippen molar-refractivity contribution in [1.29, 1.82) is 5.26 Å². The van der Waals surface area contributed by atoms with Gasteiger partial charge in [-0.2, -0.15) is 5.26 Å². The van der Waals surface area contributed by atoms with Crippen molar-refractivity contribution in [1.82, 2.24) is 0 Å². The molecule has 0 aliphatic heterocycles. The Balaban J connectivity index is 2.53. The van der Waals surface area contributed by atoms with Crippen LogP contribution in [0.5, 0.6) is 0 Å². The van der Waals surface area contributed by atoms with Crippen LogP contribution in [0, 0.1) is 17.1 Å². The van der Waals surface area contributed by atoms with E-state index in [0.717, 1.165) is 12.8 Å². The molecular formula is C10H6Cl2FN. The third kappa shape index (κ3) is 1.37. The Kier molecular flexibility index (Phi) is 2.17. The zero-order chi connectivity index (χ0) is 10.3. The molecule has 1 aromatic rings. The van der Waals surface area contributed by atoms with Crippen molar-refractivity contribution in [3.63, 3.8) is 0 Å². The van der Waals surface area contributed by atoms with Gasteiger partial charge in [-0.3, -0.25) is 0 Å². The Morgan fingerprint density at radius 3 is 2.43 bits per heavy atom. The normalized spacial score (nSPS) is 17.6. The van der Waals surface area contributed by atoms with Gasteiger partial charge in [0.15, 0.2) is 0 Å². The quantitative estimate of drug-likeness (QED) is 0.675. The Bertz CT molecular complexity index is 409. The molecule has 1 nitrogen and oxygen atoms in total. The fraction of sp³-hybridized carbons (Fsp3) is 0.300. The predicted octanol–water partition coefficient (Wildman–Crippen LogP) is 3.69. The molecular weight excluding hydrogens is 224 g/mol. The van der Waals surface area contributed by atoms with E-state index in [9.17, 15) is 4.39 Å². The van der Waals surface area contributed by atoms with Gasteiger partial charge >= 0.3 is 0 Å². The zero-order valence-corrected chi connectivity index (χ0v) is 8.66. The van der Waals surface area contributed by atoms with Gasteiger partial charge in [0.1, 0.15) is 5.82 Å². The van der Waals surface area contributed by atoms with Gasteiger partial charge in [0.25, 0.3) is 0 Å². The maximum absolute atomic E-state index is 13.2. The van der Waals surface area contributed by atoms with Gasteiger partial charge < -0.3 is 0 Å². The molecule has 1 aliphatic rings. The van der Waals surface area contributed by atoms with E-state index < -0.39 is 11.2 Å². The van der Waals surface area contributed by atoms with E-state index in [1.54, 1.807) is 6.07 Å². The minimum atomic E-state index is -0.560. The summed E-state index contributed by atoms with van der Waals surface area (Å²) in [4.78, 5) is 0. The molecule has 0 unspecified atom stereocenters. The summed E-state index contributed by atoms with van der Waals surface area (Å²) >= 11 is 11.3. The topological polar surface area (TPSA) is 23.8 Å². The van der Waals surface area contributed by atoms with Crippen molar-refractivity contribution in [3.8, 4) is 6.07 Å². The number of hydrogen-bond donors (Lipinski definition) is 0. The molecule has 0 N–H and O–H groups in total. The van der Waals surface area contributed by atoms with E-state index in [4.69, 9.17) is 28.5 Å². The van der Waals surface area contributed by atoms with Crippen LogP contribution in [-0.2, 0) is 5.41 Å². The summed E-state index contributed by atoms with van der Waals surface area (Å²) in [7, 11) is 0. The molecule has 1 aliphatic carbocycles. The molecule has 2 rings (SSSR count). The second-order valence-corrected chi connectivity index (χ2v) is 4.23. The van der Waals surface area contributed by atoms with Crippen LogP contribution in [0.15, 0.2) is 12.1 Å². The van der Waals surface area contributed by atoms with Crippen molar-refractivity contribution in [2.75, 3.05) is 0 Å². The van der Waals surface area contributed by atoms with E-state index in [1.165, 1.54) is 6.07 Å². The van der Waals surface area contributed by atoms with Crippen molar-refractivity contribution in [2.45, 2.75) is 18.3 Å². The standard InChI is InChI=1S/C10H6Cl2FN/c11-7-3-6(4-8(13)9(7)12)10(5-14)1-2-10/h3-4H,1-2H2. The summed E-state index contributed by atoms with van der Waals surface area (Å²) < 4.78 is 13.2. The molecule has 1 aromatic carbocycles.